The zero-order valence-corrected chi connectivity index (χ0v) is 11.5. The standard InChI is InChI=1S/C15H18N2O3/c1-17(2)13-5-3-11(4-6-13)15(19)16-9-14(18)12-7-8-20-10-12/h3-8,10,14,18H,9H2,1-2H3,(H,16,19)/t14-/m1/s1. The fourth-order valence-corrected chi connectivity index (χ4v) is 1.78. The monoisotopic (exact) mass is 274 g/mol. The van der Waals surface area contributed by atoms with E-state index in [1.165, 1.54) is 12.5 Å². The molecule has 0 bridgehead atoms. The van der Waals surface area contributed by atoms with Crippen molar-refractivity contribution in [3.8, 4) is 0 Å². The zero-order chi connectivity index (χ0) is 14.5. The van der Waals surface area contributed by atoms with Crippen LogP contribution in [0.3, 0.4) is 0 Å². The lowest BCUT2D eigenvalue weighted by Gasteiger charge is -2.13. The third-order valence-corrected chi connectivity index (χ3v) is 3.03. The van der Waals surface area contributed by atoms with Crippen molar-refractivity contribution in [1.29, 1.82) is 0 Å². The van der Waals surface area contributed by atoms with Crippen LogP contribution in [0, 0.1) is 0 Å². The van der Waals surface area contributed by atoms with Crippen molar-refractivity contribution in [2.45, 2.75) is 6.10 Å². The summed E-state index contributed by atoms with van der Waals surface area (Å²) in [6.07, 6.45) is 2.18. The van der Waals surface area contributed by atoms with Gasteiger partial charge in [-0.2, -0.15) is 0 Å². The van der Waals surface area contributed by atoms with Gasteiger partial charge in [0, 0.05) is 37.5 Å². The second kappa shape index (κ2) is 6.25. The Kier molecular flexibility index (Phi) is 4.42. The Balaban J connectivity index is 1.91. The normalized spacial score (nSPS) is 11.9. The van der Waals surface area contributed by atoms with E-state index in [4.69, 9.17) is 4.42 Å². The van der Waals surface area contributed by atoms with Crippen molar-refractivity contribution in [2.24, 2.45) is 0 Å². The number of furan rings is 1. The molecule has 5 heteroatoms. The van der Waals surface area contributed by atoms with E-state index in [0.717, 1.165) is 5.69 Å². The third kappa shape index (κ3) is 3.39. The SMILES string of the molecule is CN(C)c1ccc(C(=O)NC[C@@H](O)c2ccoc2)cc1. The Morgan fingerprint density at radius 2 is 2.00 bits per heavy atom. The van der Waals surface area contributed by atoms with Gasteiger partial charge in [0.25, 0.3) is 5.91 Å². The molecule has 0 aliphatic rings. The molecule has 0 saturated heterocycles. The summed E-state index contributed by atoms with van der Waals surface area (Å²) in [4.78, 5) is 13.9. The molecule has 0 aliphatic heterocycles. The predicted octanol–water partition coefficient (Wildman–Crippen LogP) is 1.81. The van der Waals surface area contributed by atoms with Crippen LogP contribution >= 0.6 is 0 Å². The molecule has 0 aliphatic carbocycles. The first-order valence-electron chi connectivity index (χ1n) is 6.33. The van der Waals surface area contributed by atoms with Gasteiger partial charge in [0.15, 0.2) is 0 Å². The molecule has 2 rings (SSSR count). The van der Waals surface area contributed by atoms with Crippen LogP contribution in [0.1, 0.15) is 22.0 Å². The summed E-state index contributed by atoms with van der Waals surface area (Å²) < 4.78 is 4.89. The van der Waals surface area contributed by atoms with Gasteiger partial charge in [0.05, 0.1) is 18.6 Å². The quantitative estimate of drug-likeness (QED) is 0.872. The maximum absolute atomic E-state index is 11.9. The van der Waals surface area contributed by atoms with Gasteiger partial charge in [-0.25, -0.2) is 0 Å². The number of amides is 1. The molecule has 0 unspecified atom stereocenters. The lowest BCUT2D eigenvalue weighted by molar-refractivity contribution is 0.0916. The van der Waals surface area contributed by atoms with E-state index >= 15 is 0 Å². The number of hydrogen-bond donors (Lipinski definition) is 2. The summed E-state index contributed by atoms with van der Waals surface area (Å²) in [6.45, 7) is 0.147. The highest BCUT2D eigenvalue weighted by Gasteiger charge is 2.11. The summed E-state index contributed by atoms with van der Waals surface area (Å²) in [5.41, 5.74) is 2.24. The lowest BCUT2D eigenvalue weighted by Crippen LogP contribution is -2.28. The number of rotatable bonds is 5. The fourth-order valence-electron chi connectivity index (χ4n) is 1.78. The molecule has 0 spiro atoms. The number of carbonyl (C=O) groups is 1. The van der Waals surface area contributed by atoms with Gasteiger partial charge in [-0.3, -0.25) is 4.79 Å². The molecule has 1 aromatic heterocycles. The molecule has 1 heterocycles. The molecule has 5 nitrogen and oxygen atoms in total. The maximum Gasteiger partial charge on any atom is 0.251 e. The van der Waals surface area contributed by atoms with E-state index in [0.29, 0.717) is 11.1 Å². The number of aliphatic hydroxyl groups is 1. The van der Waals surface area contributed by atoms with Crippen LogP contribution in [0.2, 0.25) is 0 Å². The minimum Gasteiger partial charge on any atom is -0.472 e. The first-order valence-corrected chi connectivity index (χ1v) is 6.33. The van der Waals surface area contributed by atoms with E-state index < -0.39 is 6.10 Å². The number of aliphatic hydroxyl groups excluding tert-OH is 1. The highest BCUT2D eigenvalue weighted by atomic mass is 16.3. The Bertz CT molecular complexity index is 547. The molecule has 20 heavy (non-hydrogen) atoms. The molecule has 1 amide bonds. The average Bonchev–Trinajstić information content (AvgIpc) is 2.98. The van der Waals surface area contributed by atoms with Crippen LogP contribution in [-0.2, 0) is 0 Å². The van der Waals surface area contributed by atoms with E-state index in [-0.39, 0.29) is 12.5 Å². The number of benzene rings is 1. The van der Waals surface area contributed by atoms with Crippen molar-refractivity contribution in [3.05, 3.63) is 54.0 Å². The van der Waals surface area contributed by atoms with Crippen LogP contribution in [0.4, 0.5) is 5.69 Å². The van der Waals surface area contributed by atoms with E-state index in [1.54, 1.807) is 18.2 Å². The number of nitrogens with one attached hydrogen (secondary N) is 1. The van der Waals surface area contributed by atoms with E-state index in [9.17, 15) is 9.90 Å². The minimum absolute atomic E-state index is 0.147. The van der Waals surface area contributed by atoms with Gasteiger partial charge in [0.1, 0.15) is 0 Å². The summed E-state index contributed by atoms with van der Waals surface area (Å²) in [5.74, 6) is -0.210. The first kappa shape index (κ1) is 14.1. The Labute approximate surface area is 117 Å². The summed E-state index contributed by atoms with van der Waals surface area (Å²) in [7, 11) is 3.88. The van der Waals surface area contributed by atoms with Crippen molar-refractivity contribution in [1.82, 2.24) is 5.32 Å². The van der Waals surface area contributed by atoms with Crippen LogP contribution < -0.4 is 10.2 Å². The highest BCUT2D eigenvalue weighted by molar-refractivity contribution is 5.94. The van der Waals surface area contributed by atoms with Crippen molar-refractivity contribution >= 4 is 11.6 Å². The fraction of sp³-hybridized carbons (Fsp3) is 0.267. The average molecular weight is 274 g/mol. The van der Waals surface area contributed by atoms with E-state index in [2.05, 4.69) is 5.32 Å². The Hall–Kier alpha value is -2.27. The van der Waals surface area contributed by atoms with Gasteiger partial charge < -0.3 is 19.7 Å². The summed E-state index contributed by atoms with van der Waals surface area (Å²) >= 11 is 0. The molecule has 106 valence electrons. The van der Waals surface area contributed by atoms with E-state index in [1.807, 2.05) is 31.1 Å². The van der Waals surface area contributed by atoms with Gasteiger partial charge >= 0.3 is 0 Å². The van der Waals surface area contributed by atoms with Gasteiger partial charge in [-0.1, -0.05) is 0 Å². The van der Waals surface area contributed by atoms with Crippen LogP contribution in [0.15, 0.2) is 47.3 Å². The Morgan fingerprint density at radius 1 is 1.30 bits per heavy atom. The lowest BCUT2D eigenvalue weighted by atomic mass is 10.1. The van der Waals surface area contributed by atoms with Crippen LogP contribution in [-0.4, -0.2) is 31.7 Å². The Morgan fingerprint density at radius 3 is 2.55 bits per heavy atom. The van der Waals surface area contributed by atoms with Gasteiger partial charge in [0.2, 0.25) is 0 Å². The molecular weight excluding hydrogens is 256 g/mol. The molecule has 2 N–H and O–H groups in total. The molecule has 1 atom stereocenters. The largest absolute Gasteiger partial charge is 0.472 e. The highest BCUT2D eigenvalue weighted by Crippen LogP contribution is 2.14. The van der Waals surface area contributed by atoms with Gasteiger partial charge in [-0.15, -0.1) is 0 Å². The summed E-state index contributed by atoms with van der Waals surface area (Å²) in [6, 6.07) is 8.94. The number of carbonyl (C=O) groups excluding carboxylic acids is 1. The second-order valence-corrected chi connectivity index (χ2v) is 4.72. The molecule has 0 saturated carbocycles. The van der Waals surface area contributed by atoms with Crippen LogP contribution in [0.25, 0.3) is 0 Å². The minimum atomic E-state index is -0.765. The van der Waals surface area contributed by atoms with Crippen molar-refractivity contribution in [2.75, 3.05) is 25.5 Å². The third-order valence-electron chi connectivity index (χ3n) is 3.03. The second-order valence-electron chi connectivity index (χ2n) is 4.72. The molecule has 0 radical (unpaired) electrons. The topological polar surface area (TPSA) is 65.7 Å². The first-order chi connectivity index (χ1) is 9.58. The molecule has 1 aromatic carbocycles. The molecule has 2 aromatic rings. The molecule has 0 fully saturated rings. The number of nitrogens with zero attached hydrogens (tertiary/aromatic N) is 1. The zero-order valence-electron chi connectivity index (χ0n) is 11.5. The summed E-state index contributed by atoms with van der Waals surface area (Å²) in [5, 5.41) is 12.5. The molecular formula is C15H18N2O3. The number of anilines is 1. The number of hydrogen-bond acceptors (Lipinski definition) is 4. The van der Waals surface area contributed by atoms with Gasteiger partial charge in [-0.05, 0) is 30.3 Å². The van der Waals surface area contributed by atoms with Crippen molar-refractivity contribution in [3.63, 3.8) is 0 Å². The van der Waals surface area contributed by atoms with Crippen LogP contribution in [0.5, 0.6) is 0 Å². The van der Waals surface area contributed by atoms with Crippen molar-refractivity contribution < 1.29 is 14.3 Å². The smallest absolute Gasteiger partial charge is 0.251 e. The predicted molar refractivity (Wildman–Crippen MR) is 76.8 cm³/mol. The maximum atomic E-state index is 11.9.